The van der Waals surface area contributed by atoms with Crippen LogP contribution >= 0.6 is 0 Å². The monoisotopic (exact) mass is 387 g/mol. The molecule has 0 spiro atoms. The molecule has 1 amide bonds. The Balaban J connectivity index is 1.94. The smallest absolute Gasteiger partial charge is 0.338 e. The lowest BCUT2D eigenvalue weighted by atomic mass is 10.1. The average Bonchev–Trinajstić information content (AvgIpc) is 2.68. The largest absolute Gasteiger partial charge is 0.494 e. The van der Waals surface area contributed by atoms with E-state index in [0.717, 1.165) is 6.07 Å². The van der Waals surface area contributed by atoms with Crippen LogP contribution in [0.1, 0.15) is 24.2 Å². The molecule has 0 radical (unpaired) electrons. The number of anilines is 2. The van der Waals surface area contributed by atoms with Crippen molar-refractivity contribution in [1.29, 1.82) is 0 Å². The van der Waals surface area contributed by atoms with E-state index < -0.39 is 23.4 Å². The molecule has 9 heteroatoms. The van der Waals surface area contributed by atoms with Gasteiger partial charge in [-0.15, -0.1) is 0 Å². The number of hydrogen-bond donors (Lipinski definition) is 2. The number of nitrogens with zero attached hydrogens (tertiary/aromatic N) is 1. The number of hydrogen-bond acceptors (Lipinski definition) is 7. The van der Waals surface area contributed by atoms with Crippen molar-refractivity contribution < 1.29 is 24.0 Å². The summed E-state index contributed by atoms with van der Waals surface area (Å²) in [5, 5.41) is 16.6. The van der Waals surface area contributed by atoms with Gasteiger partial charge in [-0.3, -0.25) is 14.9 Å². The first kappa shape index (κ1) is 20.7. The summed E-state index contributed by atoms with van der Waals surface area (Å²) in [4.78, 5) is 34.6. The van der Waals surface area contributed by atoms with Crippen molar-refractivity contribution in [3.63, 3.8) is 0 Å². The minimum absolute atomic E-state index is 0.0118. The lowest BCUT2D eigenvalue weighted by Gasteiger charge is -2.09. The Hall–Kier alpha value is -3.62. The highest BCUT2D eigenvalue weighted by molar-refractivity contribution is 5.96. The number of nitro groups is 1. The fraction of sp³-hybridized carbons (Fsp3) is 0.263. The number of carbonyl (C=O) groups is 2. The van der Waals surface area contributed by atoms with Crippen LogP contribution in [0.15, 0.2) is 42.5 Å². The third kappa shape index (κ3) is 5.70. The molecule has 0 heterocycles. The van der Waals surface area contributed by atoms with Gasteiger partial charge in [0.15, 0.2) is 6.61 Å². The van der Waals surface area contributed by atoms with E-state index in [2.05, 4.69) is 10.6 Å². The van der Waals surface area contributed by atoms with Crippen LogP contribution in [0.4, 0.5) is 17.1 Å². The molecule has 0 aliphatic heterocycles. The summed E-state index contributed by atoms with van der Waals surface area (Å²) in [6.07, 6.45) is 0. The lowest BCUT2D eigenvalue weighted by Crippen LogP contribution is -2.21. The van der Waals surface area contributed by atoms with Gasteiger partial charge < -0.3 is 20.1 Å². The van der Waals surface area contributed by atoms with Crippen LogP contribution < -0.4 is 15.4 Å². The molecule has 0 aliphatic rings. The van der Waals surface area contributed by atoms with Crippen LogP contribution in [-0.4, -0.2) is 36.6 Å². The topological polar surface area (TPSA) is 120 Å². The number of carbonyl (C=O) groups excluding carboxylic acids is 2. The summed E-state index contributed by atoms with van der Waals surface area (Å²) in [6.45, 7) is 4.18. The van der Waals surface area contributed by atoms with E-state index in [9.17, 15) is 19.7 Å². The maximum absolute atomic E-state index is 12.1. The Bertz CT molecular complexity index is 851. The SMILES string of the molecule is CCNc1ccc(C(=O)OCC(=O)Nc2ccc(OCC)cc2)cc1[N+](=O)[O-]. The third-order valence-corrected chi connectivity index (χ3v) is 3.58. The Morgan fingerprint density at radius 2 is 1.82 bits per heavy atom. The van der Waals surface area contributed by atoms with Gasteiger partial charge in [-0.2, -0.15) is 0 Å². The van der Waals surface area contributed by atoms with Crippen molar-refractivity contribution >= 4 is 28.9 Å². The summed E-state index contributed by atoms with van der Waals surface area (Å²) >= 11 is 0. The number of ether oxygens (including phenoxy) is 2. The third-order valence-electron chi connectivity index (χ3n) is 3.58. The zero-order valence-corrected chi connectivity index (χ0v) is 15.6. The van der Waals surface area contributed by atoms with E-state index in [1.165, 1.54) is 12.1 Å². The zero-order valence-electron chi connectivity index (χ0n) is 15.6. The van der Waals surface area contributed by atoms with Crippen molar-refractivity contribution in [1.82, 2.24) is 0 Å². The first-order valence-corrected chi connectivity index (χ1v) is 8.66. The number of nitro benzene ring substituents is 1. The Morgan fingerprint density at radius 1 is 1.11 bits per heavy atom. The van der Waals surface area contributed by atoms with E-state index >= 15 is 0 Å². The van der Waals surface area contributed by atoms with Crippen LogP contribution in [0.2, 0.25) is 0 Å². The Labute approximate surface area is 161 Å². The molecule has 0 aliphatic carbocycles. The van der Waals surface area contributed by atoms with Crippen molar-refractivity contribution in [3.8, 4) is 5.75 Å². The van der Waals surface area contributed by atoms with Gasteiger partial charge in [0.25, 0.3) is 11.6 Å². The van der Waals surface area contributed by atoms with Gasteiger partial charge in [-0.25, -0.2) is 4.79 Å². The molecule has 0 saturated heterocycles. The number of rotatable bonds is 9. The molecular weight excluding hydrogens is 366 g/mol. The van der Waals surface area contributed by atoms with E-state index in [0.29, 0.717) is 30.3 Å². The molecule has 2 N–H and O–H groups in total. The molecule has 0 unspecified atom stereocenters. The average molecular weight is 387 g/mol. The second-order valence-corrected chi connectivity index (χ2v) is 5.60. The van der Waals surface area contributed by atoms with Crippen molar-refractivity contribution in [2.24, 2.45) is 0 Å². The molecular formula is C19H21N3O6. The van der Waals surface area contributed by atoms with E-state index in [4.69, 9.17) is 9.47 Å². The first-order valence-electron chi connectivity index (χ1n) is 8.66. The Kier molecular flexibility index (Phi) is 7.32. The van der Waals surface area contributed by atoms with E-state index in [1.807, 2.05) is 6.92 Å². The van der Waals surface area contributed by atoms with Crippen LogP contribution in [0.3, 0.4) is 0 Å². The predicted molar refractivity (Wildman–Crippen MR) is 104 cm³/mol. The van der Waals surface area contributed by atoms with Crippen LogP contribution in [0.25, 0.3) is 0 Å². The quantitative estimate of drug-likeness (QED) is 0.385. The second kappa shape index (κ2) is 9.91. The summed E-state index contributed by atoms with van der Waals surface area (Å²) in [6, 6.07) is 10.7. The standard InChI is InChI=1S/C19H21N3O6/c1-3-20-16-10-5-13(11-17(16)22(25)26)19(24)28-12-18(23)21-14-6-8-15(9-7-14)27-4-2/h5-11,20H,3-4,12H2,1-2H3,(H,21,23). The molecule has 148 valence electrons. The zero-order chi connectivity index (χ0) is 20.5. The maximum Gasteiger partial charge on any atom is 0.338 e. The highest BCUT2D eigenvalue weighted by Gasteiger charge is 2.18. The number of esters is 1. The molecule has 0 fully saturated rings. The van der Waals surface area contributed by atoms with Crippen LogP contribution in [0, 0.1) is 10.1 Å². The van der Waals surface area contributed by atoms with Gasteiger partial charge in [-0.05, 0) is 50.2 Å². The van der Waals surface area contributed by atoms with Gasteiger partial charge in [0.05, 0.1) is 17.1 Å². The number of amides is 1. The van der Waals surface area contributed by atoms with Crippen molar-refractivity contribution in [2.45, 2.75) is 13.8 Å². The molecule has 0 atom stereocenters. The summed E-state index contributed by atoms with van der Waals surface area (Å²) in [5.74, 6) is -0.682. The fourth-order valence-electron chi connectivity index (χ4n) is 2.36. The minimum atomic E-state index is -0.826. The van der Waals surface area contributed by atoms with Crippen molar-refractivity contribution in [3.05, 3.63) is 58.1 Å². The van der Waals surface area contributed by atoms with E-state index in [1.54, 1.807) is 31.2 Å². The first-order chi connectivity index (χ1) is 13.4. The fourth-order valence-corrected chi connectivity index (χ4v) is 2.36. The number of nitrogens with one attached hydrogen (secondary N) is 2. The molecule has 2 aromatic rings. The highest BCUT2D eigenvalue weighted by Crippen LogP contribution is 2.25. The lowest BCUT2D eigenvalue weighted by molar-refractivity contribution is -0.384. The molecule has 28 heavy (non-hydrogen) atoms. The second-order valence-electron chi connectivity index (χ2n) is 5.60. The molecule has 2 rings (SSSR count). The molecule has 0 saturated carbocycles. The van der Waals surface area contributed by atoms with Crippen LogP contribution in [-0.2, 0) is 9.53 Å². The summed E-state index contributed by atoms with van der Waals surface area (Å²) in [7, 11) is 0. The van der Waals surface area contributed by atoms with Crippen molar-refractivity contribution in [2.75, 3.05) is 30.4 Å². The van der Waals surface area contributed by atoms with Crippen LogP contribution in [0.5, 0.6) is 5.75 Å². The maximum atomic E-state index is 12.1. The minimum Gasteiger partial charge on any atom is -0.494 e. The molecule has 0 bridgehead atoms. The molecule has 0 aromatic heterocycles. The predicted octanol–water partition coefficient (Wildman–Crippen LogP) is 3.22. The van der Waals surface area contributed by atoms with Gasteiger partial charge in [0.2, 0.25) is 0 Å². The summed E-state index contributed by atoms with van der Waals surface area (Å²) < 4.78 is 10.2. The van der Waals surface area contributed by atoms with Gasteiger partial charge in [0.1, 0.15) is 11.4 Å². The van der Waals surface area contributed by atoms with Gasteiger partial charge >= 0.3 is 5.97 Å². The molecule has 9 nitrogen and oxygen atoms in total. The normalized spacial score (nSPS) is 10.1. The Morgan fingerprint density at radius 3 is 2.43 bits per heavy atom. The summed E-state index contributed by atoms with van der Waals surface area (Å²) in [5.41, 5.74) is 0.574. The van der Waals surface area contributed by atoms with Gasteiger partial charge in [-0.1, -0.05) is 0 Å². The molecule has 2 aromatic carbocycles. The highest BCUT2D eigenvalue weighted by atomic mass is 16.6. The number of benzene rings is 2. The van der Waals surface area contributed by atoms with Gasteiger partial charge in [0, 0.05) is 18.3 Å². The van der Waals surface area contributed by atoms with E-state index in [-0.39, 0.29) is 11.3 Å².